The second-order valence-corrected chi connectivity index (χ2v) is 9.57. The zero-order valence-electron chi connectivity index (χ0n) is 18.3. The van der Waals surface area contributed by atoms with Crippen molar-refractivity contribution in [3.8, 4) is 0 Å². The SMILES string of the molecule is CN1CCN(Cc2cccc(CNC(=O)CCCCc3nc4ccccc4s3)c2)CC1. The number of amides is 1. The molecule has 2 heterocycles. The van der Waals surface area contributed by atoms with Crippen LogP contribution in [-0.2, 0) is 24.3 Å². The molecule has 1 aliphatic heterocycles. The van der Waals surface area contributed by atoms with Crippen LogP contribution in [0.2, 0.25) is 0 Å². The van der Waals surface area contributed by atoms with E-state index in [0.29, 0.717) is 13.0 Å². The summed E-state index contributed by atoms with van der Waals surface area (Å²) in [5.41, 5.74) is 3.58. The van der Waals surface area contributed by atoms with Gasteiger partial charge in [-0.25, -0.2) is 4.98 Å². The third-order valence-electron chi connectivity index (χ3n) is 5.87. The first-order chi connectivity index (χ1) is 15.2. The van der Waals surface area contributed by atoms with E-state index in [9.17, 15) is 4.79 Å². The molecule has 1 amide bonds. The van der Waals surface area contributed by atoms with Crippen LogP contribution in [0.15, 0.2) is 48.5 Å². The number of nitrogens with one attached hydrogen (secondary N) is 1. The Morgan fingerprint density at radius 1 is 1.03 bits per heavy atom. The van der Waals surface area contributed by atoms with Gasteiger partial charge >= 0.3 is 0 Å². The van der Waals surface area contributed by atoms with E-state index in [1.807, 2.05) is 6.07 Å². The highest BCUT2D eigenvalue weighted by atomic mass is 32.1. The molecule has 0 spiro atoms. The van der Waals surface area contributed by atoms with Crippen molar-refractivity contribution in [2.45, 2.75) is 38.8 Å². The summed E-state index contributed by atoms with van der Waals surface area (Å²) >= 11 is 1.76. The predicted octanol–water partition coefficient (Wildman–Crippen LogP) is 4.07. The highest BCUT2D eigenvalue weighted by Crippen LogP contribution is 2.22. The van der Waals surface area contributed by atoms with Gasteiger partial charge in [0.2, 0.25) is 5.91 Å². The number of para-hydroxylation sites is 1. The van der Waals surface area contributed by atoms with Gasteiger partial charge in [0.1, 0.15) is 0 Å². The molecule has 1 fully saturated rings. The molecule has 5 nitrogen and oxygen atoms in total. The molecule has 0 unspecified atom stereocenters. The number of hydrogen-bond donors (Lipinski definition) is 1. The van der Waals surface area contributed by atoms with Crippen molar-refractivity contribution >= 4 is 27.5 Å². The number of benzene rings is 2. The molecule has 2 aromatic carbocycles. The van der Waals surface area contributed by atoms with Gasteiger partial charge in [-0.3, -0.25) is 9.69 Å². The maximum atomic E-state index is 12.3. The molecule has 1 saturated heterocycles. The number of piperazine rings is 1. The van der Waals surface area contributed by atoms with Crippen molar-refractivity contribution in [1.82, 2.24) is 20.1 Å². The minimum absolute atomic E-state index is 0.133. The fourth-order valence-electron chi connectivity index (χ4n) is 3.98. The van der Waals surface area contributed by atoms with E-state index in [1.165, 1.54) is 20.8 Å². The Kier molecular flexibility index (Phi) is 7.67. The lowest BCUT2D eigenvalue weighted by atomic mass is 10.1. The van der Waals surface area contributed by atoms with Crippen LogP contribution < -0.4 is 5.32 Å². The zero-order chi connectivity index (χ0) is 21.5. The van der Waals surface area contributed by atoms with Gasteiger partial charge in [-0.1, -0.05) is 36.4 Å². The number of aryl methyl sites for hydroxylation is 1. The first-order valence-electron chi connectivity index (χ1n) is 11.3. The summed E-state index contributed by atoms with van der Waals surface area (Å²) < 4.78 is 1.24. The number of hydrogen-bond acceptors (Lipinski definition) is 5. The molecule has 0 bridgehead atoms. The molecule has 4 rings (SSSR count). The quantitative estimate of drug-likeness (QED) is 0.514. The summed E-state index contributed by atoms with van der Waals surface area (Å²) in [7, 11) is 2.18. The van der Waals surface area contributed by atoms with Crippen LogP contribution in [0.3, 0.4) is 0 Å². The molecular formula is C25H32N4OS. The zero-order valence-corrected chi connectivity index (χ0v) is 19.2. The molecule has 3 aromatic rings. The minimum atomic E-state index is 0.133. The van der Waals surface area contributed by atoms with Crippen LogP contribution >= 0.6 is 11.3 Å². The standard InChI is InChI=1S/C25H32N4OS/c1-28-13-15-29(16-14-28)19-21-8-6-7-20(17-21)18-26-24(30)11-4-5-12-25-27-22-9-2-3-10-23(22)31-25/h2-3,6-10,17H,4-5,11-16,18-19H2,1H3,(H,26,30). The molecular weight excluding hydrogens is 404 g/mol. The summed E-state index contributed by atoms with van der Waals surface area (Å²) in [5.74, 6) is 0.133. The molecule has 1 aromatic heterocycles. The second-order valence-electron chi connectivity index (χ2n) is 8.46. The van der Waals surface area contributed by atoms with E-state index in [-0.39, 0.29) is 5.91 Å². The normalized spacial score (nSPS) is 15.4. The Balaban J connectivity index is 1.15. The fourth-order valence-corrected chi connectivity index (χ4v) is 4.99. The first-order valence-corrected chi connectivity index (χ1v) is 12.1. The van der Waals surface area contributed by atoms with Crippen molar-refractivity contribution in [2.75, 3.05) is 33.2 Å². The number of unbranched alkanes of at least 4 members (excludes halogenated alkanes) is 1. The number of nitrogens with zero attached hydrogens (tertiary/aromatic N) is 3. The summed E-state index contributed by atoms with van der Waals surface area (Å²) in [5, 5.41) is 4.25. The van der Waals surface area contributed by atoms with Gasteiger partial charge < -0.3 is 10.2 Å². The summed E-state index contributed by atoms with van der Waals surface area (Å²) in [6.07, 6.45) is 3.41. The highest BCUT2D eigenvalue weighted by Gasteiger charge is 2.14. The third-order valence-corrected chi connectivity index (χ3v) is 6.96. The van der Waals surface area contributed by atoms with Crippen LogP contribution in [0, 0.1) is 0 Å². The van der Waals surface area contributed by atoms with Gasteiger partial charge in [0, 0.05) is 45.7 Å². The number of thiazole rings is 1. The Labute approximate surface area is 189 Å². The lowest BCUT2D eigenvalue weighted by Gasteiger charge is -2.32. The molecule has 0 aliphatic carbocycles. The van der Waals surface area contributed by atoms with Gasteiger partial charge in [0.05, 0.1) is 15.2 Å². The van der Waals surface area contributed by atoms with Crippen LogP contribution in [0.4, 0.5) is 0 Å². The average Bonchev–Trinajstić information content (AvgIpc) is 3.20. The van der Waals surface area contributed by atoms with Crippen LogP contribution in [-0.4, -0.2) is 53.9 Å². The van der Waals surface area contributed by atoms with E-state index in [1.54, 1.807) is 11.3 Å². The molecule has 0 radical (unpaired) electrons. The van der Waals surface area contributed by atoms with Crippen molar-refractivity contribution < 1.29 is 4.79 Å². The summed E-state index contributed by atoms with van der Waals surface area (Å²) in [6, 6.07) is 16.9. The number of rotatable bonds is 9. The van der Waals surface area contributed by atoms with E-state index < -0.39 is 0 Å². The molecule has 1 N–H and O–H groups in total. The van der Waals surface area contributed by atoms with Crippen LogP contribution in [0.1, 0.15) is 35.4 Å². The number of carbonyl (C=O) groups is 1. The van der Waals surface area contributed by atoms with Crippen molar-refractivity contribution in [2.24, 2.45) is 0 Å². The van der Waals surface area contributed by atoms with Crippen LogP contribution in [0.25, 0.3) is 10.2 Å². The topological polar surface area (TPSA) is 48.5 Å². The second kappa shape index (κ2) is 10.8. The smallest absolute Gasteiger partial charge is 0.220 e. The Hall–Kier alpha value is -2.28. The van der Waals surface area contributed by atoms with E-state index in [0.717, 1.165) is 57.5 Å². The van der Waals surface area contributed by atoms with Gasteiger partial charge in [-0.05, 0) is 49.6 Å². The van der Waals surface area contributed by atoms with Crippen molar-refractivity contribution in [1.29, 1.82) is 0 Å². The molecule has 0 saturated carbocycles. The molecule has 31 heavy (non-hydrogen) atoms. The average molecular weight is 437 g/mol. The van der Waals surface area contributed by atoms with Gasteiger partial charge in [0.15, 0.2) is 0 Å². The van der Waals surface area contributed by atoms with Gasteiger partial charge in [-0.2, -0.15) is 0 Å². The maximum Gasteiger partial charge on any atom is 0.220 e. The number of aromatic nitrogens is 1. The fraction of sp³-hybridized carbons (Fsp3) is 0.440. The largest absolute Gasteiger partial charge is 0.352 e. The van der Waals surface area contributed by atoms with Crippen molar-refractivity contribution in [3.05, 3.63) is 64.7 Å². The monoisotopic (exact) mass is 436 g/mol. The summed E-state index contributed by atoms with van der Waals surface area (Å²) in [4.78, 5) is 21.8. The van der Waals surface area contributed by atoms with E-state index >= 15 is 0 Å². The molecule has 6 heteroatoms. The van der Waals surface area contributed by atoms with Gasteiger partial charge in [-0.15, -0.1) is 11.3 Å². The third kappa shape index (κ3) is 6.60. The number of likely N-dealkylation sites (N-methyl/N-ethyl adjacent to an activating group) is 1. The van der Waals surface area contributed by atoms with Crippen LogP contribution in [0.5, 0.6) is 0 Å². The molecule has 0 atom stereocenters. The first kappa shape index (κ1) is 21.9. The van der Waals surface area contributed by atoms with Gasteiger partial charge in [0.25, 0.3) is 0 Å². The maximum absolute atomic E-state index is 12.3. The highest BCUT2D eigenvalue weighted by molar-refractivity contribution is 7.18. The summed E-state index contributed by atoms with van der Waals surface area (Å²) in [6.45, 7) is 6.10. The molecule has 1 aliphatic rings. The Morgan fingerprint density at radius 2 is 1.84 bits per heavy atom. The Morgan fingerprint density at radius 3 is 2.68 bits per heavy atom. The number of carbonyl (C=O) groups excluding carboxylic acids is 1. The Bertz CT molecular complexity index is 961. The van der Waals surface area contributed by atoms with E-state index in [4.69, 9.17) is 0 Å². The lowest BCUT2D eigenvalue weighted by molar-refractivity contribution is -0.121. The minimum Gasteiger partial charge on any atom is -0.352 e. The van der Waals surface area contributed by atoms with Crippen molar-refractivity contribution in [3.63, 3.8) is 0 Å². The molecule has 164 valence electrons. The lowest BCUT2D eigenvalue weighted by Crippen LogP contribution is -2.43. The number of fused-ring (bicyclic) bond motifs is 1. The predicted molar refractivity (Wildman–Crippen MR) is 128 cm³/mol. The van der Waals surface area contributed by atoms with E-state index in [2.05, 4.69) is 69.6 Å².